The van der Waals surface area contributed by atoms with Crippen LogP contribution in [-0.4, -0.2) is 25.2 Å². The molecule has 1 fully saturated rings. The topological polar surface area (TPSA) is 55.1 Å². The van der Waals surface area contributed by atoms with Crippen molar-refractivity contribution in [2.45, 2.75) is 45.2 Å². The highest BCUT2D eigenvalue weighted by atomic mass is 19.4. The predicted octanol–water partition coefficient (Wildman–Crippen LogP) is 2.21. The molecule has 3 N–H and O–H groups in total. The first-order chi connectivity index (χ1) is 8.29. The fourth-order valence-corrected chi connectivity index (χ4v) is 2.34. The van der Waals surface area contributed by atoms with E-state index in [4.69, 9.17) is 5.73 Å². The Kier molecular flexibility index (Phi) is 5.01. The van der Waals surface area contributed by atoms with E-state index in [1.807, 2.05) is 0 Å². The summed E-state index contributed by atoms with van der Waals surface area (Å²) in [6.45, 7) is 1.96. The normalized spacial score (nSPS) is 29.1. The van der Waals surface area contributed by atoms with E-state index in [-0.39, 0.29) is 19.0 Å². The smallest absolute Gasteiger partial charge is 0.355 e. The number of hydrogen-bond donors (Lipinski definition) is 2. The Hall–Kier alpha value is -0.780. The molecule has 1 amide bonds. The van der Waals surface area contributed by atoms with E-state index in [2.05, 4.69) is 12.2 Å². The summed E-state index contributed by atoms with van der Waals surface area (Å²) in [5, 5.41) is 2.38. The summed E-state index contributed by atoms with van der Waals surface area (Å²) in [6.07, 6.45) is -2.07. The van der Waals surface area contributed by atoms with Crippen LogP contribution >= 0.6 is 0 Å². The summed E-state index contributed by atoms with van der Waals surface area (Å²) in [5.74, 6) is 0.244. The summed E-state index contributed by atoms with van der Waals surface area (Å²) >= 11 is 0. The lowest BCUT2D eigenvalue weighted by atomic mass is 9.70. The van der Waals surface area contributed by atoms with E-state index in [0.717, 1.165) is 12.8 Å². The number of rotatable bonds is 4. The molecule has 6 heteroatoms. The van der Waals surface area contributed by atoms with Crippen molar-refractivity contribution in [2.24, 2.45) is 17.1 Å². The van der Waals surface area contributed by atoms with E-state index < -0.39 is 18.0 Å². The summed E-state index contributed by atoms with van der Waals surface area (Å²) < 4.78 is 36.0. The quantitative estimate of drug-likeness (QED) is 0.819. The molecular weight excluding hydrogens is 245 g/mol. The van der Waals surface area contributed by atoms with Crippen LogP contribution in [0.3, 0.4) is 0 Å². The van der Waals surface area contributed by atoms with Crippen LogP contribution in [0.1, 0.15) is 39.0 Å². The predicted molar refractivity (Wildman–Crippen MR) is 62.8 cm³/mol. The van der Waals surface area contributed by atoms with Crippen molar-refractivity contribution in [1.29, 1.82) is 0 Å². The van der Waals surface area contributed by atoms with Gasteiger partial charge in [0, 0.05) is 13.1 Å². The lowest BCUT2D eigenvalue weighted by Gasteiger charge is -2.37. The van der Waals surface area contributed by atoms with Gasteiger partial charge in [-0.3, -0.25) is 4.79 Å². The molecule has 0 aromatic rings. The van der Waals surface area contributed by atoms with Crippen molar-refractivity contribution in [3.05, 3.63) is 0 Å². The maximum absolute atomic E-state index is 12.0. The first-order valence-electron chi connectivity index (χ1n) is 6.34. The summed E-state index contributed by atoms with van der Waals surface area (Å²) in [7, 11) is 0. The third kappa shape index (κ3) is 4.15. The van der Waals surface area contributed by atoms with Gasteiger partial charge in [-0.15, -0.1) is 0 Å². The minimum absolute atomic E-state index is 0.206. The Labute approximate surface area is 105 Å². The molecule has 0 heterocycles. The molecule has 106 valence electrons. The SMILES string of the molecule is CC1CCC(CN)(C(=O)NCCC(F)(F)F)CC1. The zero-order valence-electron chi connectivity index (χ0n) is 10.6. The van der Waals surface area contributed by atoms with Crippen LogP contribution in [0.25, 0.3) is 0 Å². The van der Waals surface area contributed by atoms with Crippen LogP contribution in [0.15, 0.2) is 0 Å². The van der Waals surface area contributed by atoms with E-state index >= 15 is 0 Å². The average Bonchev–Trinajstić information content (AvgIpc) is 2.28. The van der Waals surface area contributed by atoms with Gasteiger partial charge in [0.25, 0.3) is 0 Å². The monoisotopic (exact) mass is 266 g/mol. The van der Waals surface area contributed by atoms with Crippen LogP contribution in [0.4, 0.5) is 13.2 Å². The van der Waals surface area contributed by atoms with E-state index in [9.17, 15) is 18.0 Å². The molecule has 1 rings (SSSR count). The van der Waals surface area contributed by atoms with Crippen molar-refractivity contribution >= 4 is 5.91 Å². The molecule has 1 saturated carbocycles. The molecule has 0 aromatic carbocycles. The molecule has 0 radical (unpaired) electrons. The second kappa shape index (κ2) is 5.91. The molecule has 1 aliphatic rings. The van der Waals surface area contributed by atoms with Gasteiger partial charge in [0.2, 0.25) is 5.91 Å². The van der Waals surface area contributed by atoms with Gasteiger partial charge in [-0.2, -0.15) is 13.2 Å². The number of alkyl halides is 3. The highest BCUT2D eigenvalue weighted by Crippen LogP contribution is 2.38. The molecule has 0 bridgehead atoms. The highest BCUT2D eigenvalue weighted by Gasteiger charge is 2.40. The van der Waals surface area contributed by atoms with Crippen LogP contribution in [0, 0.1) is 11.3 Å². The summed E-state index contributed by atoms with van der Waals surface area (Å²) in [6, 6.07) is 0. The Morgan fingerprint density at radius 2 is 1.94 bits per heavy atom. The first-order valence-corrected chi connectivity index (χ1v) is 6.34. The highest BCUT2D eigenvalue weighted by molar-refractivity contribution is 5.83. The summed E-state index contributed by atoms with van der Waals surface area (Å²) in [5.41, 5.74) is 5.00. The molecule has 0 aromatic heterocycles. The number of carbonyl (C=O) groups excluding carboxylic acids is 1. The van der Waals surface area contributed by atoms with E-state index in [1.54, 1.807) is 0 Å². The molecule has 0 spiro atoms. The molecule has 0 unspecified atom stereocenters. The number of nitrogens with two attached hydrogens (primary N) is 1. The average molecular weight is 266 g/mol. The number of amides is 1. The molecule has 0 atom stereocenters. The van der Waals surface area contributed by atoms with Crippen molar-refractivity contribution < 1.29 is 18.0 Å². The number of halogens is 3. The molecule has 0 aliphatic heterocycles. The minimum Gasteiger partial charge on any atom is -0.355 e. The minimum atomic E-state index is -4.23. The Morgan fingerprint density at radius 3 is 2.39 bits per heavy atom. The first kappa shape index (κ1) is 15.3. The lowest BCUT2D eigenvalue weighted by molar-refractivity contribution is -0.139. The fraction of sp³-hybridized carbons (Fsp3) is 0.917. The Bertz CT molecular complexity index is 284. The molecule has 3 nitrogen and oxygen atoms in total. The number of carbonyl (C=O) groups is 1. The summed E-state index contributed by atoms with van der Waals surface area (Å²) in [4.78, 5) is 12.0. The van der Waals surface area contributed by atoms with Crippen LogP contribution in [0.2, 0.25) is 0 Å². The van der Waals surface area contributed by atoms with Gasteiger partial charge >= 0.3 is 6.18 Å². The van der Waals surface area contributed by atoms with Gasteiger partial charge < -0.3 is 11.1 Å². The third-order valence-electron chi connectivity index (χ3n) is 3.80. The van der Waals surface area contributed by atoms with Gasteiger partial charge in [-0.05, 0) is 31.6 Å². The third-order valence-corrected chi connectivity index (χ3v) is 3.80. The zero-order chi connectivity index (χ0) is 13.8. The van der Waals surface area contributed by atoms with E-state index in [1.165, 1.54) is 0 Å². The second-order valence-corrected chi connectivity index (χ2v) is 5.29. The molecule has 0 saturated heterocycles. The molecule has 18 heavy (non-hydrogen) atoms. The fourth-order valence-electron chi connectivity index (χ4n) is 2.34. The second-order valence-electron chi connectivity index (χ2n) is 5.29. The molecular formula is C12H21F3N2O. The van der Waals surface area contributed by atoms with Crippen molar-refractivity contribution in [2.75, 3.05) is 13.1 Å². The largest absolute Gasteiger partial charge is 0.390 e. The van der Waals surface area contributed by atoms with Gasteiger partial charge in [0.15, 0.2) is 0 Å². The lowest BCUT2D eigenvalue weighted by Crippen LogP contribution is -2.48. The maximum Gasteiger partial charge on any atom is 0.390 e. The maximum atomic E-state index is 12.0. The standard InChI is InChI=1S/C12H21F3N2O/c1-9-2-4-11(8-16,5-3-9)10(18)17-7-6-12(13,14)15/h9H,2-8,16H2,1H3,(H,17,18). The van der Waals surface area contributed by atoms with E-state index in [0.29, 0.717) is 18.8 Å². The van der Waals surface area contributed by atoms with Gasteiger partial charge in [-0.1, -0.05) is 6.92 Å². The number of nitrogens with one attached hydrogen (secondary N) is 1. The van der Waals surface area contributed by atoms with Crippen molar-refractivity contribution in [1.82, 2.24) is 5.32 Å². The van der Waals surface area contributed by atoms with Gasteiger partial charge in [0.1, 0.15) is 0 Å². The van der Waals surface area contributed by atoms with Gasteiger partial charge in [0.05, 0.1) is 11.8 Å². The van der Waals surface area contributed by atoms with Crippen LogP contribution in [-0.2, 0) is 4.79 Å². The van der Waals surface area contributed by atoms with Gasteiger partial charge in [-0.25, -0.2) is 0 Å². The van der Waals surface area contributed by atoms with Crippen molar-refractivity contribution in [3.63, 3.8) is 0 Å². The number of hydrogen-bond acceptors (Lipinski definition) is 2. The van der Waals surface area contributed by atoms with Crippen molar-refractivity contribution in [3.8, 4) is 0 Å². The Balaban J connectivity index is 2.47. The zero-order valence-corrected chi connectivity index (χ0v) is 10.6. The Morgan fingerprint density at radius 1 is 1.39 bits per heavy atom. The molecule has 1 aliphatic carbocycles. The van der Waals surface area contributed by atoms with Crippen LogP contribution < -0.4 is 11.1 Å². The van der Waals surface area contributed by atoms with Crippen LogP contribution in [0.5, 0.6) is 0 Å².